The number of benzene rings is 2. The number of rotatable bonds is 4. The molecule has 28 heavy (non-hydrogen) atoms. The van der Waals surface area contributed by atoms with Crippen LogP contribution in [0.25, 0.3) is 10.9 Å². The Kier molecular flexibility index (Phi) is 5.23. The molecule has 2 aromatic carbocycles. The van der Waals surface area contributed by atoms with Crippen LogP contribution in [0.2, 0.25) is 0 Å². The third-order valence-corrected chi connectivity index (χ3v) is 5.00. The number of aryl methyl sites for hydroxylation is 1. The lowest BCUT2D eigenvalue weighted by Crippen LogP contribution is -2.27. The van der Waals surface area contributed by atoms with Crippen molar-refractivity contribution in [1.29, 1.82) is 0 Å². The number of nitrogens with two attached hydrogens (primary N) is 1. The Hall–Kier alpha value is -3.15. The normalized spacial score (nSPS) is 11.2. The highest BCUT2D eigenvalue weighted by Gasteiger charge is 2.18. The third kappa shape index (κ3) is 3.38. The van der Waals surface area contributed by atoms with Crippen molar-refractivity contribution in [2.75, 3.05) is 17.7 Å². The first kappa shape index (κ1) is 19.6. The van der Waals surface area contributed by atoms with Crippen LogP contribution in [-0.4, -0.2) is 17.5 Å². The van der Waals surface area contributed by atoms with Crippen LogP contribution in [0.3, 0.4) is 0 Å². The quantitative estimate of drug-likeness (QED) is 0.691. The van der Waals surface area contributed by atoms with E-state index in [0.29, 0.717) is 12.2 Å². The number of hydrogen-bond donors (Lipinski definition) is 1. The van der Waals surface area contributed by atoms with Crippen molar-refractivity contribution in [3.05, 3.63) is 69.8 Å². The fourth-order valence-electron chi connectivity index (χ4n) is 3.44. The molecule has 0 atom stereocenters. The first-order chi connectivity index (χ1) is 13.2. The van der Waals surface area contributed by atoms with Crippen molar-refractivity contribution in [1.82, 2.24) is 4.57 Å². The molecular formula is C22H24FN3O2. The van der Waals surface area contributed by atoms with Crippen molar-refractivity contribution in [3.63, 3.8) is 0 Å². The van der Waals surface area contributed by atoms with Crippen molar-refractivity contribution in [3.8, 4) is 0 Å². The molecule has 0 unspecified atom stereocenters. The van der Waals surface area contributed by atoms with E-state index in [4.69, 9.17) is 5.73 Å². The molecule has 0 fully saturated rings. The lowest BCUT2D eigenvalue weighted by atomic mass is 9.98. The van der Waals surface area contributed by atoms with Crippen molar-refractivity contribution in [2.24, 2.45) is 0 Å². The number of anilines is 2. The van der Waals surface area contributed by atoms with E-state index < -0.39 is 5.82 Å². The van der Waals surface area contributed by atoms with Crippen molar-refractivity contribution < 1.29 is 9.18 Å². The number of amides is 1. The maximum absolute atomic E-state index is 13.3. The molecule has 0 saturated heterocycles. The molecule has 0 aliphatic carbocycles. The van der Waals surface area contributed by atoms with Crippen LogP contribution in [0.15, 0.2) is 47.3 Å². The molecule has 3 aromatic rings. The van der Waals surface area contributed by atoms with Crippen LogP contribution in [0, 0.1) is 5.82 Å². The number of halogens is 1. The van der Waals surface area contributed by atoms with Gasteiger partial charge in [0.1, 0.15) is 5.82 Å². The van der Waals surface area contributed by atoms with Gasteiger partial charge in [-0.15, -0.1) is 0 Å². The molecule has 0 spiro atoms. The van der Waals surface area contributed by atoms with Gasteiger partial charge in [-0.2, -0.15) is 0 Å². The number of aromatic nitrogens is 1. The summed E-state index contributed by atoms with van der Waals surface area (Å²) in [5.74, 6) is -0.654. The van der Waals surface area contributed by atoms with Crippen LogP contribution in [0.1, 0.15) is 42.6 Å². The van der Waals surface area contributed by atoms with E-state index in [9.17, 15) is 14.0 Å². The molecule has 3 rings (SSSR count). The van der Waals surface area contributed by atoms with Gasteiger partial charge >= 0.3 is 0 Å². The zero-order valence-corrected chi connectivity index (χ0v) is 16.5. The highest BCUT2D eigenvalue weighted by atomic mass is 19.1. The molecule has 6 heteroatoms. The molecule has 5 nitrogen and oxygen atoms in total. The molecular weight excluding hydrogens is 357 g/mol. The summed E-state index contributed by atoms with van der Waals surface area (Å²) in [5, 5.41) is 0.931. The van der Waals surface area contributed by atoms with Gasteiger partial charge in [0, 0.05) is 36.4 Å². The fourth-order valence-corrected chi connectivity index (χ4v) is 3.44. The molecule has 2 N–H and O–H groups in total. The van der Waals surface area contributed by atoms with Gasteiger partial charge in [0.2, 0.25) is 0 Å². The Balaban J connectivity index is 2.13. The molecule has 0 aliphatic rings. The lowest BCUT2D eigenvalue weighted by molar-refractivity contribution is 0.0994. The van der Waals surface area contributed by atoms with Crippen LogP contribution in [0.4, 0.5) is 15.8 Å². The Morgan fingerprint density at radius 2 is 1.89 bits per heavy atom. The van der Waals surface area contributed by atoms with Crippen LogP contribution < -0.4 is 16.2 Å². The summed E-state index contributed by atoms with van der Waals surface area (Å²) in [6.45, 7) is 6.56. The third-order valence-electron chi connectivity index (χ3n) is 5.00. The van der Waals surface area contributed by atoms with Crippen LogP contribution in [0.5, 0.6) is 0 Å². The van der Waals surface area contributed by atoms with E-state index in [1.165, 1.54) is 17.0 Å². The predicted octanol–water partition coefficient (Wildman–Crippen LogP) is 4.14. The zero-order chi connectivity index (χ0) is 20.6. The number of pyridine rings is 1. The summed E-state index contributed by atoms with van der Waals surface area (Å²) in [4.78, 5) is 26.8. The van der Waals surface area contributed by atoms with E-state index in [-0.39, 0.29) is 28.6 Å². The van der Waals surface area contributed by atoms with E-state index >= 15 is 0 Å². The Morgan fingerprint density at radius 1 is 1.18 bits per heavy atom. The topological polar surface area (TPSA) is 68.3 Å². The molecule has 1 heterocycles. The number of hydrogen-bond acceptors (Lipinski definition) is 3. The number of carbonyl (C=O) groups is 1. The van der Waals surface area contributed by atoms with Gasteiger partial charge in [-0.25, -0.2) is 4.39 Å². The van der Waals surface area contributed by atoms with Crippen LogP contribution in [-0.2, 0) is 6.54 Å². The fraction of sp³-hybridized carbons (Fsp3) is 0.273. The second-order valence-electron chi connectivity index (χ2n) is 7.13. The van der Waals surface area contributed by atoms with Gasteiger partial charge in [-0.3, -0.25) is 9.59 Å². The van der Waals surface area contributed by atoms with Crippen molar-refractivity contribution >= 4 is 28.2 Å². The molecule has 1 aromatic heterocycles. The summed E-state index contributed by atoms with van der Waals surface area (Å²) in [7, 11) is 1.65. The SMILES string of the molecule is CCn1c(=O)cc(C(C)C)c2cc(N(C)C(=O)c3ccc(F)cc3N)ccc21. The van der Waals surface area contributed by atoms with Gasteiger partial charge in [-0.1, -0.05) is 13.8 Å². The summed E-state index contributed by atoms with van der Waals surface area (Å²) in [5.41, 5.74) is 8.58. The van der Waals surface area contributed by atoms with Gasteiger partial charge in [0.05, 0.1) is 11.1 Å². The summed E-state index contributed by atoms with van der Waals surface area (Å²) in [6.07, 6.45) is 0. The summed E-state index contributed by atoms with van der Waals surface area (Å²) in [6, 6.07) is 11.0. The van der Waals surface area contributed by atoms with Crippen LogP contribution >= 0.6 is 0 Å². The summed E-state index contributed by atoms with van der Waals surface area (Å²) < 4.78 is 15.0. The number of fused-ring (bicyclic) bond motifs is 1. The Morgan fingerprint density at radius 3 is 2.50 bits per heavy atom. The van der Waals surface area contributed by atoms with Gasteiger partial charge < -0.3 is 15.2 Å². The van der Waals surface area contributed by atoms with Crippen molar-refractivity contribution in [2.45, 2.75) is 33.2 Å². The van der Waals surface area contributed by atoms with E-state index in [2.05, 4.69) is 0 Å². The number of carbonyl (C=O) groups excluding carboxylic acids is 1. The maximum atomic E-state index is 13.3. The largest absolute Gasteiger partial charge is 0.398 e. The minimum Gasteiger partial charge on any atom is -0.398 e. The highest BCUT2D eigenvalue weighted by molar-refractivity contribution is 6.09. The van der Waals surface area contributed by atoms with E-state index in [1.807, 2.05) is 32.9 Å². The first-order valence-electron chi connectivity index (χ1n) is 9.25. The summed E-state index contributed by atoms with van der Waals surface area (Å²) >= 11 is 0. The standard InChI is InChI=1S/C22H24FN3O2/c1-5-26-20-9-7-15(11-18(20)17(13(2)3)12-21(26)27)25(4)22(28)16-8-6-14(23)10-19(16)24/h6-13H,5,24H2,1-4H3. The van der Waals surface area contributed by atoms with Gasteiger partial charge in [0.25, 0.3) is 11.5 Å². The highest BCUT2D eigenvalue weighted by Crippen LogP contribution is 2.29. The second kappa shape index (κ2) is 7.46. The molecule has 0 saturated carbocycles. The van der Waals surface area contributed by atoms with E-state index in [0.717, 1.165) is 22.5 Å². The monoisotopic (exact) mass is 381 g/mol. The minimum atomic E-state index is -0.485. The average molecular weight is 381 g/mol. The molecule has 146 valence electrons. The minimum absolute atomic E-state index is 0.0324. The zero-order valence-electron chi connectivity index (χ0n) is 16.5. The van der Waals surface area contributed by atoms with Gasteiger partial charge in [0.15, 0.2) is 0 Å². The van der Waals surface area contributed by atoms with Gasteiger partial charge in [-0.05, 0) is 54.8 Å². The number of nitrogens with zero attached hydrogens (tertiary/aromatic N) is 2. The second-order valence-corrected chi connectivity index (χ2v) is 7.13. The maximum Gasteiger partial charge on any atom is 0.260 e. The molecule has 0 aliphatic heterocycles. The average Bonchev–Trinajstić information content (AvgIpc) is 2.65. The predicted molar refractivity (Wildman–Crippen MR) is 112 cm³/mol. The first-order valence-corrected chi connectivity index (χ1v) is 9.25. The van der Waals surface area contributed by atoms with E-state index in [1.54, 1.807) is 23.7 Å². The molecule has 1 amide bonds. The molecule has 0 bridgehead atoms. The molecule has 0 radical (unpaired) electrons. The Bertz CT molecular complexity index is 1120. The lowest BCUT2D eigenvalue weighted by Gasteiger charge is -2.21. The number of nitrogen functional groups attached to an aromatic ring is 1. The Labute approximate surface area is 163 Å². The smallest absolute Gasteiger partial charge is 0.260 e.